The zero-order valence-electron chi connectivity index (χ0n) is 18.9. The van der Waals surface area contributed by atoms with Gasteiger partial charge in [0.25, 0.3) is 0 Å². The van der Waals surface area contributed by atoms with Crippen LogP contribution in [0.5, 0.6) is 0 Å². The largest absolute Gasteiger partial charge is 0.381 e. The second kappa shape index (κ2) is 9.05. The molecule has 12 nitrogen and oxygen atoms in total. The molecular formula is C22H21F2N9O3. The van der Waals surface area contributed by atoms with Crippen LogP contribution in [0.25, 0.3) is 5.69 Å². The molecule has 0 radical (unpaired) electrons. The molecule has 5 rings (SSSR count). The molecule has 1 fully saturated rings. The summed E-state index contributed by atoms with van der Waals surface area (Å²) in [7, 11) is 0. The molecule has 4 aromatic rings. The summed E-state index contributed by atoms with van der Waals surface area (Å²) in [5.41, 5.74) is -1.23. The van der Waals surface area contributed by atoms with Crippen molar-refractivity contribution in [1.29, 1.82) is 0 Å². The number of β-amino-alcohol motifs (C(OH)–C–C–N with tert-alkyl or cyclic N) is 1. The molecule has 3 heterocycles. The van der Waals surface area contributed by atoms with Crippen molar-refractivity contribution in [3.8, 4) is 5.69 Å². The van der Waals surface area contributed by atoms with Crippen LogP contribution in [0.1, 0.15) is 12.5 Å². The number of nitrogens with zero attached hydrogens (tertiary/aromatic N) is 9. The Morgan fingerprint density at radius 3 is 2.53 bits per heavy atom. The third-order valence-corrected chi connectivity index (χ3v) is 6.28. The molecule has 2 aromatic heterocycles. The van der Waals surface area contributed by atoms with Crippen molar-refractivity contribution in [3.05, 3.63) is 78.6 Å². The molecule has 0 bridgehead atoms. The lowest BCUT2D eigenvalue weighted by molar-refractivity contribution is -0.0506. The first-order valence-electron chi connectivity index (χ1n) is 10.9. The van der Waals surface area contributed by atoms with E-state index in [2.05, 4.69) is 25.6 Å². The molecule has 1 aliphatic heterocycles. The summed E-state index contributed by atoms with van der Waals surface area (Å²) in [6, 6.07) is 7.73. The lowest BCUT2D eigenvalue weighted by atomic mass is 9.85. The first kappa shape index (κ1) is 23.4. The van der Waals surface area contributed by atoms with Crippen LogP contribution in [-0.2, 0) is 12.1 Å². The van der Waals surface area contributed by atoms with Gasteiger partial charge >= 0.3 is 6.03 Å². The van der Waals surface area contributed by atoms with Crippen molar-refractivity contribution >= 4 is 11.7 Å². The van der Waals surface area contributed by atoms with Crippen molar-refractivity contribution < 1.29 is 23.8 Å². The van der Waals surface area contributed by atoms with Gasteiger partial charge in [-0.05, 0) is 47.7 Å². The minimum Gasteiger partial charge on any atom is -0.381 e. The molecular weight excluding hydrogens is 476 g/mol. The van der Waals surface area contributed by atoms with Crippen molar-refractivity contribution in [1.82, 2.24) is 39.9 Å². The smallest absolute Gasteiger partial charge is 0.327 e. The fourth-order valence-electron chi connectivity index (χ4n) is 4.36. The van der Waals surface area contributed by atoms with Gasteiger partial charge in [0, 0.05) is 17.3 Å². The van der Waals surface area contributed by atoms with Crippen LogP contribution in [0, 0.1) is 11.6 Å². The Labute approximate surface area is 203 Å². The molecule has 0 spiro atoms. The third kappa shape index (κ3) is 4.05. The van der Waals surface area contributed by atoms with E-state index < -0.39 is 35.5 Å². The van der Waals surface area contributed by atoms with E-state index in [1.165, 1.54) is 40.2 Å². The number of aromatic nitrogens is 7. The standard InChI is InChI=1S/C22H21F2N9O3/c1-14(22(36,10-30-12-25-11-27-30)18-7-2-15(23)8-19(18)24)31-9-20(34)33(21(31)35)17-5-3-16(4-6-17)32-13-26-28-29-32/h2-8,11-14,20,34,36H,9-10H2,1H3/t14?,20?,22-/m1/s1. The summed E-state index contributed by atoms with van der Waals surface area (Å²) in [5, 5.41) is 37.5. The SMILES string of the molecule is CC(N1CC(O)N(c2ccc(-n3cnnn3)cc2)C1=O)[C@](O)(Cn1cncn1)c1ccc(F)cc1F. The normalized spacial score (nSPS) is 18.5. The molecule has 0 aliphatic carbocycles. The van der Waals surface area contributed by atoms with E-state index in [1.807, 2.05) is 0 Å². The van der Waals surface area contributed by atoms with Gasteiger partial charge in [0.05, 0.1) is 24.8 Å². The zero-order chi connectivity index (χ0) is 25.4. The van der Waals surface area contributed by atoms with E-state index in [-0.39, 0.29) is 18.7 Å². The van der Waals surface area contributed by atoms with E-state index >= 15 is 0 Å². The molecule has 2 amide bonds. The van der Waals surface area contributed by atoms with Crippen LogP contribution >= 0.6 is 0 Å². The Balaban J connectivity index is 1.46. The molecule has 14 heteroatoms. The quantitative estimate of drug-likeness (QED) is 0.387. The fourth-order valence-corrected chi connectivity index (χ4v) is 4.36. The predicted molar refractivity (Wildman–Crippen MR) is 119 cm³/mol. The van der Waals surface area contributed by atoms with Crippen LogP contribution < -0.4 is 4.90 Å². The van der Waals surface area contributed by atoms with E-state index in [9.17, 15) is 23.8 Å². The number of carbonyl (C=O) groups is 1. The number of tetrazole rings is 1. The molecule has 1 aliphatic rings. The topological polar surface area (TPSA) is 138 Å². The monoisotopic (exact) mass is 497 g/mol. The van der Waals surface area contributed by atoms with E-state index in [0.717, 1.165) is 17.0 Å². The Morgan fingerprint density at radius 1 is 1.14 bits per heavy atom. The molecule has 1 saturated heterocycles. The molecule has 2 N–H and O–H groups in total. The fraction of sp³-hybridized carbons (Fsp3) is 0.273. The van der Waals surface area contributed by atoms with Crippen LogP contribution in [0.2, 0.25) is 0 Å². The van der Waals surface area contributed by atoms with Gasteiger partial charge in [-0.1, -0.05) is 6.07 Å². The van der Waals surface area contributed by atoms with Crippen LogP contribution in [0.3, 0.4) is 0 Å². The Bertz CT molecular complexity index is 1350. The molecule has 0 saturated carbocycles. The van der Waals surface area contributed by atoms with Gasteiger partial charge in [0.1, 0.15) is 36.2 Å². The van der Waals surface area contributed by atoms with Crippen molar-refractivity contribution in [3.63, 3.8) is 0 Å². The summed E-state index contributed by atoms with van der Waals surface area (Å²) in [5.74, 6) is -1.79. The highest BCUT2D eigenvalue weighted by molar-refractivity contribution is 5.95. The number of rotatable bonds is 7. The molecule has 2 unspecified atom stereocenters. The average molecular weight is 497 g/mol. The van der Waals surface area contributed by atoms with Crippen molar-refractivity contribution in [2.45, 2.75) is 31.3 Å². The number of anilines is 1. The lowest BCUT2D eigenvalue weighted by Gasteiger charge is -2.39. The van der Waals surface area contributed by atoms with Crippen LogP contribution in [0.15, 0.2) is 61.4 Å². The second-order valence-corrected chi connectivity index (χ2v) is 8.37. The van der Waals surface area contributed by atoms with Gasteiger partial charge < -0.3 is 15.1 Å². The number of amides is 2. The van der Waals surface area contributed by atoms with Gasteiger partial charge in [0.2, 0.25) is 0 Å². The third-order valence-electron chi connectivity index (χ3n) is 6.28. The van der Waals surface area contributed by atoms with Crippen molar-refractivity contribution in [2.75, 3.05) is 11.4 Å². The minimum atomic E-state index is -2.04. The molecule has 186 valence electrons. The summed E-state index contributed by atoms with van der Waals surface area (Å²) in [6.07, 6.45) is 2.75. The summed E-state index contributed by atoms with van der Waals surface area (Å²) in [4.78, 5) is 19.7. The highest BCUT2D eigenvalue weighted by Crippen LogP contribution is 2.36. The van der Waals surface area contributed by atoms with Crippen LogP contribution in [0.4, 0.5) is 19.3 Å². The number of hydrogen-bond acceptors (Lipinski definition) is 8. The number of hydrogen-bond donors (Lipinski definition) is 2. The number of benzene rings is 2. The predicted octanol–water partition coefficient (Wildman–Crippen LogP) is 1.07. The summed E-state index contributed by atoms with van der Waals surface area (Å²) < 4.78 is 31.2. The lowest BCUT2D eigenvalue weighted by Crippen LogP contribution is -2.53. The maximum atomic E-state index is 14.9. The molecule has 36 heavy (non-hydrogen) atoms. The number of urea groups is 1. The summed E-state index contributed by atoms with van der Waals surface area (Å²) in [6.45, 7) is 1.07. The highest BCUT2D eigenvalue weighted by atomic mass is 19.1. The minimum absolute atomic E-state index is 0.169. The average Bonchev–Trinajstić information content (AvgIpc) is 3.61. The summed E-state index contributed by atoms with van der Waals surface area (Å²) >= 11 is 0. The van der Waals surface area contributed by atoms with E-state index in [0.29, 0.717) is 17.4 Å². The number of carbonyl (C=O) groups excluding carboxylic acids is 1. The number of aliphatic hydroxyl groups excluding tert-OH is 1. The second-order valence-electron chi connectivity index (χ2n) is 8.37. The van der Waals surface area contributed by atoms with Gasteiger partial charge in [-0.3, -0.25) is 4.90 Å². The van der Waals surface area contributed by atoms with Crippen molar-refractivity contribution in [2.24, 2.45) is 0 Å². The van der Waals surface area contributed by atoms with E-state index in [4.69, 9.17) is 0 Å². The number of aliphatic hydroxyl groups is 2. The Morgan fingerprint density at radius 2 is 1.89 bits per heavy atom. The molecule has 2 aromatic carbocycles. The first-order chi connectivity index (χ1) is 17.3. The zero-order valence-corrected chi connectivity index (χ0v) is 18.9. The van der Waals surface area contributed by atoms with E-state index in [1.54, 1.807) is 24.3 Å². The Hall–Kier alpha value is -4.30. The van der Waals surface area contributed by atoms with Crippen LogP contribution in [-0.4, -0.2) is 74.9 Å². The van der Waals surface area contributed by atoms with Gasteiger partial charge in [-0.15, -0.1) is 5.10 Å². The van der Waals surface area contributed by atoms with Gasteiger partial charge in [-0.25, -0.2) is 27.9 Å². The van der Waals surface area contributed by atoms with Gasteiger partial charge in [-0.2, -0.15) is 5.10 Å². The highest BCUT2D eigenvalue weighted by Gasteiger charge is 2.48. The number of halogens is 2. The maximum Gasteiger partial charge on any atom is 0.327 e. The molecule has 3 atom stereocenters. The first-order valence-corrected chi connectivity index (χ1v) is 10.9. The Kier molecular flexibility index (Phi) is 5.89. The van der Waals surface area contributed by atoms with Gasteiger partial charge in [0.15, 0.2) is 6.23 Å². The maximum absolute atomic E-state index is 14.9.